The molecule has 0 bridgehead atoms. The summed E-state index contributed by atoms with van der Waals surface area (Å²) in [7, 11) is 0. The molecule has 2 fully saturated rings. The number of nitrogens with zero attached hydrogens (tertiary/aromatic N) is 2. The van der Waals surface area contributed by atoms with Crippen molar-refractivity contribution in [1.29, 1.82) is 0 Å². The summed E-state index contributed by atoms with van der Waals surface area (Å²) in [5.41, 5.74) is 3.25. The predicted octanol–water partition coefficient (Wildman–Crippen LogP) is 2.81. The van der Waals surface area contributed by atoms with Gasteiger partial charge in [0.05, 0.1) is 13.2 Å². The smallest absolute Gasteiger partial charge is 0.254 e. The normalized spacial score (nSPS) is 27.6. The van der Waals surface area contributed by atoms with Gasteiger partial charge < -0.3 is 9.64 Å². The zero-order valence-electron chi connectivity index (χ0n) is 14.0. The molecule has 0 aliphatic carbocycles. The molecule has 2 unspecified atom stereocenters. The van der Waals surface area contributed by atoms with E-state index in [1.165, 1.54) is 30.5 Å². The average molecular weight is 314 g/mol. The zero-order valence-corrected chi connectivity index (χ0v) is 14.0. The zero-order chi connectivity index (χ0) is 15.8. The topological polar surface area (TPSA) is 32.8 Å². The van der Waals surface area contributed by atoms with E-state index < -0.39 is 0 Å². The lowest BCUT2D eigenvalue weighted by molar-refractivity contribution is 0.0650. The number of carbonyl (C=O) groups is 1. The van der Waals surface area contributed by atoms with Crippen molar-refractivity contribution >= 4 is 5.91 Å². The summed E-state index contributed by atoms with van der Waals surface area (Å²) in [6.45, 7) is 6.76. The monoisotopic (exact) mass is 314 g/mol. The van der Waals surface area contributed by atoms with Crippen molar-refractivity contribution in [2.75, 3.05) is 19.6 Å². The van der Waals surface area contributed by atoms with Crippen LogP contribution in [0.4, 0.5) is 0 Å². The van der Waals surface area contributed by atoms with Gasteiger partial charge in [-0.05, 0) is 62.0 Å². The number of hydrogen-bond donors (Lipinski definition) is 0. The molecule has 4 nitrogen and oxygen atoms in total. The number of benzene rings is 1. The van der Waals surface area contributed by atoms with Crippen LogP contribution in [0.3, 0.4) is 0 Å². The molecule has 0 aromatic heterocycles. The summed E-state index contributed by atoms with van der Waals surface area (Å²) >= 11 is 0. The van der Waals surface area contributed by atoms with E-state index in [0.717, 1.165) is 31.5 Å². The molecule has 0 spiro atoms. The lowest BCUT2D eigenvalue weighted by atomic mass is 10.0. The van der Waals surface area contributed by atoms with Crippen LogP contribution in [0.25, 0.3) is 0 Å². The molecule has 3 aliphatic heterocycles. The van der Waals surface area contributed by atoms with Crippen molar-refractivity contribution < 1.29 is 9.53 Å². The molecular weight excluding hydrogens is 288 g/mol. The Hall–Kier alpha value is -1.39. The highest BCUT2D eigenvalue weighted by atomic mass is 16.5. The molecule has 1 amide bonds. The lowest BCUT2D eigenvalue weighted by Crippen LogP contribution is -2.48. The Morgan fingerprint density at radius 3 is 2.78 bits per heavy atom. The number of rotatable bonds is 3. The molecule has 2 atom stereocenters. The van der Waals surface area contributed by atoms with Crippen LogP contribution in [-0.2, 0) is 18.0 Å². The molecule has 124 valence electrons. The number of hydrogen-bond acceptors (Lipinski definition) is 3. The average Bonchev–Trinajstić information content (AvgIpc) is 3.30. The maximum Gasteiger partial charge on any atom is 0.254 e. The third-order valence-electron chi connectivity index (χ3n) is 5.79. The third kappa shape index (κ3) is 2.68. The molecule has 0 N–H and O–H groups in total. The Kier molecular flexibility index (Phi) is 4.12. The van der Waals surface area contributed by atoms with Crippen LogP contribution in [0.2, 0.25) is 0 Å². The van der Waals surface area contributed by atoms with Gasteiger partial charge in [-0.3, -0.25) is 9.69 Å². The van der Waals surface area contributed by atoms with Gasteiger partial charge in [-0.25, -0.2) is 0 Å². The minimum atomic E-state index is 0.213. The van der Waals surface area contributed by atoms with Crippen LogP contribution in [0.1, 0.15) is 54.1 Å². The summed E-state index contributed by atoms with van der Waals surface area (Å²) in [5, 5.41) is 0. The second-order valence-corrected chi connectivity index (χ2v) is 7.02. The molecule has 3 heterocycles. The van der Waals surface area contributed by atoms with Gasteiger partial charge in [0.15, 0.2) is 0 Å². The minimum absolute atomic E-state index is 0.213. The number of carbonyl (C=O) groups excluding carboxylic acids is 1. The standard InChI is InChI=1S/C19H26N2O2/c1-2-20-9-3-5-17(20)18-6-4-10-21(18)19(22)14-7-8-15-12-23-13-16(15)11-14/h7-8,11,17-18H,2-6,9-10,12-13H2,1H3. The molecule has 0 saturated carbocycles. The van der Waals surface area contributed by atoms with E-state index in [4.69, 9.17) is 4.74 Å². The minimum Gasteiger partial charge on any atom is -0.372 e. The number of ether oxygens (including phenoxy) is 1. The summed E-state index contributed by atoms with van der Waals surface area (Å²) in [6.07, 6.45) is 4.80. The van der Waals surface area contributed by atoms with Gasteiger partial charge >= 0.3 is 0 Å². The largest absolute Gasteiger partial charge is 0.372 e. The van der Waals surface area contributed by atoms with Crippen LogP contribution < -0.4 is 0 Å². The van der Waals surface area contributed by atoms with Crippen molar-refractivity contribution in [3.63, 3.8) is 0 Å². The van der Waals surface area contributed by atoms with E-state index in [2.05, 4.69) is 22.8 Å². The van der Waals surface area contributed by atoms with Crippen LogP contribution in [0, 0.1) is 0 Å². The highest BCUT2D eigenvalue weighted by molar-refractivity contribution is 5.95. The van der Waals surface area contributed by atoms with Gasteiger partial charge in [-0.2, -0.15) is 0 Å². The summed E-state index contributed by atoms with van der Waals surface area (Å²) in [5.74, 6) is 0.213. The Morgan fingerprint density at radius 1 is 1.13 bits per heavy atom. The van der Waals surface area contributed by atoms with Crippen LogP contribution in [0.15, 0.2) is 18.2 Å². The molecule has 2 saturated heterocycles. The lowest BCUT2D eigenvalue weighted by Gasteiger charge is -2.34. The van der Waals surface area contributed by atoms with Gasteiger partial charge in [0.2, 0.25) is 0 Å². The van der Waals surface area contributed by atoms with Gasteiger partial charge in [0, 0.05) is 24.2 Å². The maximum absolute atomic E-state index is 13.1. The number of likely N-dealkylation sites (tertiary alicyclic amines) is 2. The summed E-state index contributed by atoms with van der Waals surface area (Å²) < 4.78 is 5.47. The molecule has 3 aliphatic rings. The van der Waals surface area contributed by atoms with Crippen molar-refractivity contribution in [2.24, 2.45) is 0 Å². The van der Waals surface area contributed by atoms with Crippen LogP contribution in [0.5, 0.6) is 0 Å². The Labute approximate surface area is 138 Å². The predicted molar refractivity (Wildman–Crippen MR) is 89.3 cm³/mol. The fraction of sp³-hybridized carbons (Fsp3) is 0.632. The highest BCUT2D eigenvalue weighted by Crippen LogP contribution is 2.31. The maximum atomic E-state index is 13.1. The molecular formula is C19H26N2O2. The second kappa shape index (κ2) is 6.25. The number of fused-ring (bicyclic) bond motifs is 1. The second-order valence-electron chi connectivity index (χ2n) is 7.02. The molecule has 0 radical (unpaired) electrons. The fourth-order valence-electron chi connectivity index (χ4n) is 4.60. The first-order valence-electron chi connectivity index (χ1n) is 9.02. The Balaban J connectivity index is 1.55. The third-order valence-corrected chi connectivity index (χ3v) is 5.79. The molecule has 1 aromatic rings. The van der Waals surface area contributed by atoms with Gasteiger partial charge in [-0.1, -0.05) is 13.0 Å². The van der Waals surface area contributed by atoms with Crippen molar-refractivity contribution in [3.05, 3.63) is 34.9 Å². The van der Waals surface area contributed by atoms with Crippen LogP contribution in [-0.4, -0.2) is 47.4 Å². The van der Waals surface area contributed by atoms with E-state index in [1.807, 2.05) is 12.1 Å². The first-order valence-corrected chi connectivity index (χ1v) is 9.02. The first kappa shape index (κ1) is 15.2. The quantitative estimate of drug-likeness (QED) is 0.860. The van der Waals surface area contributed by atoms with Crippen molar-refractivity contribution in [1.82, 2.24) is 9.80 Å². The van der Waals surface area contributed by atoms with E-state index in [-0.39, 0.29) is 5.91 Å². The van der Waals surface area contributed by atoms with E-state index in [1.54, 1.807) is 0 Å². The highest BCUT2D eigenvalue weighted by Gasteiger charge is 2.39. The Morgan fingerprint density at radius 2 is 1.91 bits per heavy atom. The van der Waals surface area contributed by atoms with Crippen molar-refractivity contribution in [3.8, 4) is 0 Å². The first-order chi connectivity index (χ1) is 11.3. The fourth-order valence-corrected chi connectivity index (χ4v) is 4.60. The summed E-state index contributed by atoms with van der Waals surface area (Å²) in [6, 6.07) is 7.05. The Bertz CT molecular complexity index is 601. The van der Waals surface area contributed by atoms with Crippen LogP contribution >= 0.6 is 0 Å². The van der Waals surface area contributed by atoms with Gasteiger partial charge in [-0.15, -0.1) is 0 Å². The van der Waals surface area contributed by atoms with Gasteiger partial charge in [0.1, 0.15) is 0 Å². The summed E-state index contributed by atoms with van der Waals surface area (Å²) in [4.78, 5) is 17.8. The van der Waals surface area contributed by atoms with Gasteiger partial charge in [0.25, 0.3) is 5.91 Å². The molecule has 4 heteroatoms. The molecule has 23 heavy (non-hydrogen) atoms. The number of likely N-dealkylation sites (N-methyl/N-ethyl adjacent to an activating group) is 1. The molecule has 4 rings (SSSR count). The number of amides is 1. The van der Waals surface area contributed by atoms with E-state index in [0.29, 0.717) is 25.3 Å². The molecule has 1 aromatic carbocycles. The van der Waals surface area contributed by atoms with E-state index >= 15 is 0 Å². The van der Waals surface area contributed by atoms with Crippen molar-refractivity contribution in [2.45, 2.75) is 57.9 Å². The SMILES string of the molecule is CCN1CCCC1C1CCCN1C(=O)c1ccc2c(c1)COC2. The van der Waals surface area contributed by atoms with E-state index in [9.17, 15) is 4.79 Å².